The maximum atomic E-state index is 13.9. The summed E-state index contributed by atoms with van der Waals surface area (Å²) in [5, 5.41) is 4.58. The van der Waals surface area contributed by atoms with Gasteiger partial charge in [-0.15, -0.1) is 24.8 Å². The van der Waals surface area contributed by atoms with Gasteiger partial charge in [0.15, 0.2) is 0 Å². The van der Waals surface area contributed by atoms with E-state index in [4.69, 9.17) is 23.2 Å². The minimum absolute atomic E-state index is 0. The van der Waals surface area contributed by atoms with E-state index >= 15 is 0 Å². The third kappa shape index (κ3) is 4.74. The molecule has 2 aliphatic rings. The predicted molar refractivity (Wildman–Crippen MR) is 128 cm³/mol. The number of fused-ring (bicyclic) bond motifs is 1. The fourth-order valence-electron chi connectivity index (χ4n) is 4.69. The molecular formula is C22H27Cl4N3O. The molecule has 1 atom stereocenters. The van der Waals surface area contributed by atoms with Crippen LogP contribution in [0.1, 0.15) is 23.1 Å². The van der Waals surface area contributed by atoms with Gasteiger partial charge in [-0.3, -0.25) is 9.69 Å². The number of amides is 1. The molecule has 30 heavy (non-hydrogen) atoms. The maximum absolute atomic E-state index is 13.9. The van der Waals surface area contributed by atoms with Gasteiger partial charge < -0.3 is 10.2 Å². The number of benzene rings is 2. The number of carbonyl (C=O) groups is 1. The molecule has 1 amide bonds. The Hall–Kier alpha value is -1.01. The van der Waals surface area contributed by atoms with Crippen molar-refractivity contribution in [1.29, 1.82) is 0 Å². The Bertz CT molecular complexity index is 868. The molecule has 8 heteroatoms. The van der Waals surface area contributed by atoms with Gasteiger partial charge in [0.05, 0.1) is 0 Å². The first kappa shape index (κ1) is 25.3. The minimum atomic E-state index is -0.587. The lowest BCUT2D eigenvalue weighted by molar-refractivity contribution is -0.145. The van der Waals surface area contributed by atoms with Crippen LogP contribution in [0.15, 0.2) is 42.5 Å². The number of hydrogen-bond donors (Lipinski definition) is 1. The normalized spacial score (nSPS) is 20.6. The van der Waals surface area contributed by atoms with Gasteiger partial charge in [0, 0.05) is 49.8 Å². The molecule has 2 aromatic rings. The van der Waals surface area contributed by atoms with Crippen LogP contribution < -0.4 is 5.32 Å². The van der Waals surface area contributed by atoms with Gasteiger partial charge in [0.1, 0.15) is 5.54 Å². The summed E-state index contributed by atoms with van der Waals surface area (Å²) in [6.07, 6.45) is 1.76. The topological polar surface area (TPSA) is 35.6 Å². The van der Waals surface area contributed by atoms with E-state index in [-0.39, 0.29) is 30.7 Å². The van der Waals surface area contributed by atoms with E-state index in [1.807, 2.05) is 30.1 Å². The predicted octanol–water partition coefficient (Wildman–Crippen LogP) is 4.54. The number of aryl methyl sites for hydroxylation is 1. The zero-order valence-corrected chi connectivity index (χ0v) is 20.0. The average Bonchev–Trinajstić information content (AvgIpc) is 3.08. The molecule has 1 fully saturated rings. The summed E-state index contributed by atoms with van der Waals surface area (Å²) >= 11 is 12.3. The molecule has 4 rings (SSSR count). The molecule has 2 aromatic carbocycles. The molecule has 0 saturated carbocycles. The molecule has 0 spiro atoms. The fourth-order valence-corrected chi connectivity index (χ4v) is 5.26. The van der Waals surface area contributed by atoms with Crippen molar-refractivity contribution < 1.29 is 4.79 Å². The van der Waals surface area contributed by atoms with Crippen molar-refractivity contribution >= 4 is 53.9 Å². The second-order valence-corrected chi connectivity index (χ2v) is 8.57. The molecule has 1 N–H and O–H groups in total. The van der Waals surface area contributed by atoms with Crippen molar-refractivity contribution in [1.82, 2.24) is 15.1 Å². The van der Waals surface area contributed by atoms with Crippen LogP contribution in [0.2, 0.25) is 10.0 Å². The number of likely N-dealkylation sites (N-methyl/N-ethyl adjacent to an activating group) is 1. The van der Waals surface area contributed by atoms with E-state index in [0.717, 1.165) is 50.1 Å². The molecule has 4 nitrogen and oxygen atoms in total. The third-order valence-corrected chi connectivity index (χ3v) is 6.35. The summed E-state index contributed by atoms with van der Waals surface area (Å²) in [7, 11) is 1.88. The second-order valence-electron chi connectivity index (χ2n) is 7.69. The molecule has 1 aliphatic heterocycles. The summed E-state index contributed by atoms with van der Waals surface area (Å²) in [5.74, 6) is 0.149. The van der Waals surface area contributed by atoms with Gasteiger partial charge in [-0.1, -0.05) is 47.5 Å². The molecule has 0 bridgehead atoms. The van der Waals surface area contributed by atoms with Crippen LogP contribution in [0.25, 0.3) is 0 Å². The van der Waals surface area contributed by atoms with E-state index in [2.05, 4.69) is 28.4 Å². The Morgan fingerprint density at radius 1 is 1.10 bits per heavy atom. The Balaban J connectivity index is 0.00000160. The van der Waals surface area contributed by atoms with Gasteiger partial charge in [-0.2, -0.15) is 0 Å². The summed E-state index contributed by atoms with van der Waals surface area (Å²) in [6.45, 7) is 4.04. The Morgan fingerprint density at radius 2 is 1.73 bits per heavy atom. The number of piperazine rings is 1. The summed E-state index contributed by atoms with van der Waals surface area (Å²) in [6, 6.07) is 13.9. The number of rotatable bonds is 4. The highest BCUT2D eigenvalue weighted by Crippen LogP contribution is 2.43. The lowest BCUT2D eigenvalue weighted by Crippen LogP contribution is -2.60. The number of nitrogens with one attached hydrogen (secondary N) is 1. The molecule has 0 radical (unpaired) electrons. The molecule has 1 heterocycles. The molecular weight excluding hydrogens is 464 g/mol. The highest BCUT2D eigenvalue weighted by molar-refractivity contribution is 6.34. The molecule has 1 aliphatic carbocycles. The average molecular weight is 491 g/mol. The van der Waals surface area contributed by atoms with E-state index in [9.17, 15) is 4.79 Å². The van der Waals surface area contributed by atoms with Crippen molar-refractivity contribution in [2.24, 2.45) is 0 Å². The first-order valence-corrected chi connectivity index (χ1v) is 10.5. The van der Waals surface area contributed by atoms with Gasteiger partial charge in [0.25, 0.3) is 0 Å². The highest BCUT2D eigenvalue weighted by atomic mass is 35.5. The lowest BCUT2D eigenvalue weighted by atomic mass is 9.87. The first-order valence-electron chi connectivity index (χ1n) is 9.75. The van der Waals surface area contributed by atoms with Crippen LogP contribution >= 0.6 is 48.0 Å². The van der Waals surface area contributed by atoms with Gasteiger partial charge in [0.2, 0.25) is 5.91 Å². The van der Waals surface area contributed by atoms with Crippen LogP contribution in [-0.2, 0) is 23.3 Å². The lowest BCUT2D eigenvalue weighted by Gasteiger charge is -2.44. The van der Waals surface area contributed by atoms with Gasteiger partial charge >= 0.3 is 0 Å². The number of halogens is 4. The standard InChI is InChI=1S/C22H25Cl2N3O.2ClH/c1-26(15-16-12-18(23)14-19(24)13-16)21(28)22(27-10-8-25-9-11-27)7-6-17-4-2-3-5-20(17)22;;/h2-5,12-14,25H,6-11,15H2,1H3;2*1H. The largest absolute Gasteiger partial charge is 0.340 e. The smallest absolute Gasteiger partial charge is 0.247 e. The number of carbonyl (C=O) groups excluding carboxylic acids is 1. The van der Waals surface area contributed by atoms with Crippen molar-refractivity contribution in [3.8, 4) is 0 Å². The van der Waals surface area contributed by atoms with Gasteiger partial charge in [-0.25, -0.2) is 0 Å². The van der Waals surface area contributed by atoms with Crippen LogP contribution in [-0.4, -0.2) is 48.9 Å². The number of nitrogens with zero attached hydrogens (tertiary/aromatic N) is 2. The first-order chi connectivity index (χ1) is 13.5. The van der Waals surface area contributed by atoms with Crippen molar-refractivity contribution in [3.05, 3.63) is 69.2 Å². The fraction of sp³-hybridized carbons (Fsp3) is 0.409. The Morgan fingerprint density at radius 3 is 2.40 bits per heavy atom. The Labute approximate surface area is 200 Å². The molecule has 164 valence electrons. The van der Waals surface area contributed by atoms with Gasteiger partial charge in [-0.05, 0) is 47.7 Å². The molecule has 1 saturated heterocycles. The van der Waals surface area contributed by atoms with Crippen LogP contribution in [0.3, 0.4) is 0 Å². The highest BCUT2D eigenvalue weighted by Gasteiger charge is 2.50. The SMILES string of the molecule is CN(Cc1cc(Cl)cc(Cl)c1)C(=O)C1(N2CCNCC2)CCc2ccccc21.Cl.Cl. The maximum Gasteiger partial charge on any atom is 0.247 e. The monoisotopic (exact) mass is 489 g/mol. The molecule has 0 aromatic heterocycles. The van der Waals surface area contributed by atoms with E-state index in [0.29, 0.717) is 16.6 Å². The summed E-state index contributed by atoms with van der Waals surface area (Å²) in [4.78, 5) is 18.1. The van der Waals surface area contributed by atoms with Crippen molar-refractivity contribution in [2.75, 3.05) is 33.2 Å². The zero-order chi connectivity index (χ0) is 19.7. The third-order valence-electron chi connectivity index (χ3n) is 5.92. The zero-order valence-electron chi connectivity index (χ0n) is 16.9. The van der Waals surface area contributed by atoms with Crippen LogP contribution in [0.4, 0.5) is 0 Å². The minimum Gasteiger partial charge on any atom is -0.340 e. The number of hydrogen-bond acceptors (Lipinski definition) is 3. The summed E-state index contributed by atoms with van der Waals surface area (Å²) < 4.78 is 0. The second kappa shape index (κ2) is 10.5. The Kier molecular flexibility index (Phi) is 8.87. The van der Waals surface area contributed by atoms with E-state index in [1.165, 1.54) is 5.56 Å². The van der Waals surface area contributed by atoms with E-state index < -0.39 is 5.54 Å². The van der Waals surface area contributed by atoms with Crippen molar-refractivity contribution in [3.63, 3.8) is 0 Å². The van der Waals surface area contributed by atoms with E-state index in [1.54, 1.807) is 6.07 Å². The van der Waals surface area contributed by atoms with Crippen molar-refractivity contribution in [2.45, 2.75) is 24.9 Å². The molecule has 1 unspecified atom stereocenters. The van der Waals surface area contributed by atoms with Crippen LogP contribution in [0.5, 0.6) is 0 Å². The van der Waals surface area contributed by atoms with Crippen LogP contribution in [0, 0.1) is 0 Å². The quantitative estimate of drug-likeness (QED) is 0.683. The summed E-state index contributed by atoms with van der Waals surface area (Å²) in [5.41, 5.74) is 2.80.